The number of nitrogens with zero attached hydrogens (tertiary/aromatic N) is 4. The molecule has 2 heterocycles. The summed E-state index contributed by atoms with van der Waals surface area (Å²) in [5.41, 5.74) is 4.37. The van der Waals surface area contributed by atoms with Crippen molar-refractivity contribution in [2.75, 3.05) is 12.4 Å². The van der Waals surface area contributed by atoms with Gasteiger partial charge in [0.2, 0.25) is 5.95 Å². The number of benzene rings is 2. The second kappa shape index (κ2) is 5.81. The lowest BCUT2D eigenvalue weighted by Crippen LogP contribution is -2.20. The van der Waals surface area contributed by atoms with Gasteiger partial charge in [-0.1, -0.05) is 41.5 Å². The minimum atomic E-state index is -0.0568. The van der Waals surface area contributed by atoms with Gasteiger partial charge in [0, 0.05) is 11.3 Å². The van der Waals surface area contributed by atoms with E-state index < -0.39 is 0 Å². The number of tetrazole rings is 1. The van der Waals surface area contributed by atoms with Crippen molar-refractivity contribution >= 4 is 11.6 Å². The lowest BCUT2D eigenvalue weighted by molar-refractivity contribution is 0.414. The lowest BCUT2D eigenvalue weighted by Gasteiger charge is -2.24. The first-order valence-electron chi connectivity index (χ1n) is 7.73. The average Bonchev–Trinajstić information content (AvgIpc) is 3.10. The lowest BCUT2D eigenvalue weighted by atomic mass is 9.98. The van der Waals surface area contributed by atoms with E-state index in [4.69, 9.17) is 4.74 Å². The molecule has 0 spiro atoms. The Hall–Kier alpha value is -3.15. The molecule has 0 saturated heterocycles. The summed E-state index contributed by atoms with van der Waals surface area (Å²) in [6, 6.07) is 16.1. The highest BCUT2D eigenvalue weighted by Gasteiger charge is 2.25. The van der Waals surface area contributed by atoms with E-state index >= 15 is 0 Å². The Bertz CT molecular complexity index is 915. The molecule has 0 saturated carbocycles. The van der Waals surface area contributed by atoms with Gasteiger partial charge in [-0.15, -0.1) is 0 Å². The maximum atomic E-state index is 5.33. The van der Waals surface area contributed by atoms with Crippen molar-refractivity contribution in [1.82, 2.24) is 20.2 Å². The molecule has 1 unspecified atom stereocenters. The summed E-state index contributed by atoms with van der Waals surface area (Å²) >= 11 is 0. The molecule has 0 fully saturated rings. The van der Waals surface area contributed by atoms with Crippen molar-refractivity contribution in [2.24, 2.45) is 0 Å². The Morgan fingerprint density at radius 1 is 1.12 bits per heavy atom. The van der Waals surface area contributed by atoms with E-state index in [1.807, 2.05) is 36.4 Å². The molecule has 0 aliphatic carbocycles. The normalized spacial score (nSPS) is 16.1. The molecule has 6 nitrogen and oxygen atoms in total. The number of hydrogen-bond donors (Lipinski definition) is 1. The number of nitrogens with one attached hydrogen (secondary N) is 1. The van der Waals surface area contributed by atoms with Gasteiger partial charge in [0.25, 0.3) is 0 Å². The highest BCUT2D eigenvalue weighted by molar-refractivity contribution is 5.77. The van der Waals surface area contributed by atoms with E-state index in [9.17, 15) is 0 Å². The maximum absolute atomic E-state index is 5.33. The fraction of sp³-hybridized carbons (Fsp3) is 0.167. The van der Waals surface area contributed by atoms with E-state index in [0.29, 0.717) is 5.95 Å². The van der Waals surface area contributed by atoms with Gasteiger partial charge in [0.15, 0.2) is 0 Å². The Kier molecular flexibility index (Phi) is 3.49. The average molecular weight is 319 g/mol. The molecule has 1 aliphatic heterocycles. The predicted octanol–water partition coefficient (Wildman–Crippen LogP) is 3.05. The Labute approximate surface area is 139 Å². The number of allylic oxidation sites excluding steroid dienone is 1. The van der Waals surface area contributed by atoms with Gasteiger partial charge in [-0.25, -0.2) is 0 Å². The highest BCUT2D eigenvalue weighted by Crippen LogP contribution is 2.33. The number of rotatable bonds is 3. The number of aromatic nitrogens is 4. The molecule has 1 aromatic heterocycles. The molecular formula is C18H17N5O. The van der Waals surface area contributed by atoms with Gasteiger partial charge in [0.1, 0.15) is 11.8 Å². The summed E-state index contributed by atoms with van der Waals surface area (Å²) in [5.74, 6) is 1.44. The molecule has 1 atom stereocenters. The summed E-state index contributed by atoms with van der Waals surface area (Å²) in [5, 5.41) is 15.4. The van der Waals surface area contributed by atoms with Crippen molar-refractivity contribution in [3.05, 3.63) is 71.3 Å². The molecular weight excluding hydrogens is 302 g/mol. The number of fused-ring (bicyclic) bond motifs is 1. The summed E-state index contributed by atoms with van der Waals surface area (Å²) in [4.78, 5) is 0. The fourth-order valence-corrected chi connectivity index (χ4v) is 2.95. The second-order valence-electron chi connectivity index (χ2n) is 5.69. The Balaban J connectivity index is 1.83. The fourth-order valence-electron chi connectivity index (χ4n) is 2.95. The van der Waals surface area contributed by atoms with E-state index in [2.05, 4.69) is 46.0 Å². The minimum Gasteiger partial charge on any atom is -0.497 e. The zero-order valence-corrected chi connectivity index (χ0v) is 13.5. The molecule has 0 bridgehead atoms. The molecule has 120 valence electrons. The molecule has 2 aromatic carbocycles. The van der Waals surface area contributed by atoms with Crippen LogP contribution in [-0.4, -0.2) is 27.3 Å². The van der Waals surface area contributed by atoms with Gasteiger partial charge in [0.05, 0.1) is 7.11 Å². The minimum absolute atomic E-state index is 0.0568. The van der Waals surface area contributed by atoms with Gasteiger partial charge in [-0.05, 0) is 46.7 Å². The predicted molar refractivity (Wildman–Crippen MR) is 91.7 cm³/mol. The summed E-state index contributed by atoms with van der Waals surface area (Å²) in [6.07, 6.45) is 2.14. The molecule has 0 radical (unpaired) electrons. The molecule has 1 aliphatic rings. The van der Waals surface area contributed by atoms with Gasteiger partial charge >= 0.3 is 0 Å². The molecule has 4 rings (SSSR count). The van der Waals surface area contributed by atoms with Crippen LogP contribution in [0.1, 0.15) is 22.7 Å². The number of ether oxygens (including phenoxy) is 1. The summed E-state index contributed by atoms with van der Waals surface area (Å²) in [7, 11) is 1.67. The summed E-state index contributed by atoms with van der Waals surface area (Å²) < 4.78 is 7.13. The van der Waals surface area contributed by atoms with Gasteiger partial charge in [-0.3, -0.25) is 0 Å². The van der Waals surface area contributed by atoms with Crippen LogP contribution in [0, 0.1) is 6.92 Å². The molecule has 0 amide bonds. The van der Waals surface area contributed by atoms with E-state index in [1.54, 1.807) is 11.8 Å². The van der Waals surface area contributed by atoms with Crippen molar-refractivity contribution in [2.45, 2.75) is 13.0 Å². The topological polar surface area (TPSA) is 64.9 Å². The van der Waals surface area contributed by atoms with Crippen molar-refractivity contribution < 1.29 is 4.74 Å². The monoisotopic (exact) mass is 319 g/mol. The van der Waals surface area contributed by atoms with Crippen LogP contribution in [0.2, 0.25) is 0 Å². The van der Waals surface area contributed by atoms with Crippen LogP contribution in [0.3, 0.4) is 0 Å². The first-order valence-corrected chi connectivity index (χ1v) is 7.73. The molecule has 1 N–H and O–H groups in total. The van der Waals surface area contributed by atoms with Crippen molar-refractivity contribution in [3.63, 3.8) is 0 Å². The van der Waals surface area contributed by atoms with Crippen LogP contribution in [0.5, 0.6) is 5.75 Å². The molecule has 3 aromatic rings. The van der Waals surface area contributed by atoms with Crippen molar-refractivity contribution in [3.8, 4) is 5.75 Å². The number of anilines is 1. The molecule has 24 heavy (non-hydrogen) atoms. The number of methoxy groups -OCH3 is 1. The second-order valence-corrected chi connectivity index (χ2v) is 5.69. The van der Waals surface area contributed by atoms with E-state index in [-0.39, 0.29) is 6.04 Å². The SMILES string of the molecule is COc1cccc(C2=CC(c3ccccc3C)n3nnnc3N2)c1. The van der Waals surface area contributed by atoms with Gasteiger partial charge < -0.3 is 10.1 Å². The van der Waals surface area contributed by atoms with Crippen LogP contribution in [0.25, 0.3) is 5.70 Å². The highest BCUT2D eigenvalue weighted by atomic mass is 16.5. The Morgan fingerprint density at radius 3 is 2.83 bits per heavy atom. The maximum Gasteiger partial charge on any atom is 0.248 e. The third-order valence-corrected chi connectivity index (χ3v) is 4.22. The van der Waals surface area contributed by atoms with Crippen molar-refractivity contribution in [1.29, 1.82) is 0 Å². The van der Waals surface area contributed by atoms with E-state index in [0.717, 1.165) is 17.0 Å². The largest absolute Gasteiger partial charge is 0.497 e. The zero-order valence-electron chi connectivity index (χ0n) is 13.5. The third-order valence-electron chi connectivity index (χ3n) is 4.22. The number of aryl methyl sites for hydroxylation is 1. The van der Waals surface area contributed by atoms with Crippen LogP contribution < -0.4 is 10.1 Å². The van der Waals surface area contributed by atoms with Gasteiger partial charge in [-0.2, -0.15) is 4.68 Å². The van der Waals surface area contributed by atoms with Crippen LogP contribution in [0.4, 0.5) is 5.95 Å². The molecule has 6 heteroatoms. The number of hydrogen-bond acceptors (Lipinski definition) is 5. The van der Waals surface area contributed by atoms with Crippen LogP contribution in [0.15, 0.2) is 54.6 Å². The van der Waals surface area contributed by atoms with E-state index in [1.165, 1.54) is 11.1 Å². The quantitative estimate of drug-likeness (QED) is 0.804. The first kappa shape index (κ1) is 14.4. The Morgan fingerprint density at radius 2 is 2.00 bits per heavy atom. The zero-order chi connectivity index (χ0) is 16.5. The summed E-state index contributed by atoms with van der Waals surface area (Å²) in [6.45, 7) is 2.10. The van der Waals surface area contributed by atoms with Crippen LogP contribution in [-0.2, 0) is 0 Å². The first-order chi connectivity index (χ1) is 11.8. The standard InChI is InChI=1S/C18H17N5O/c1-12-6-3-4-9-15(12)17-11-16(19-18-20-21-22-23(17)18)13-7-5-8-14(10-13)24-2/h3-11,17H,1-2H3,(H,19,20,22). The smallest absolute Gasteiger partial charge is 0.248 e. The third kappa shape index (κ3) is 2.42. The van der Waals surface area contributed by atoms with Crippen LogP contribution >= 0.6 is 0 Å².